The second-order valence-electron chi connectivity index (χ2n) is 8.35. The van der Waals surface area contributed by atoms with Crippen molar-refractivity contribution in [2.24, 2.45) is 5.92 Å². The number of nitrogens with zero attached hydrogens (tertiary/aromatic N) is 6. The minimum atomic E-state index is -0.384. The van der Waals surface area contributed by atoms with E-state index in [1.807, 2.05) is 36.9 Å². The number of aryl methyl sites for hydroxylation is 1. The second kappa shape index (κ2) is 7.84. The molecule has 11 heteroatoms. The zero-order valence-electron chi connectivity index (χ0n) is 18.9. The first-order chi connectivity index (χ1) is 15.9. The molecule has 1 atom stereocenters. The highest BCUT2D eigenvalue weighted by atomic mass is 16.2. The lowest BCUT2D eigenvalue weighted by atomic mass is 10.1. The lowest BCUT2D eigenvalue weighted by Gasteiger charge is -2.34. The number of fused-ring (bicyclic) bond motifs is 3. The van der Waals surface area contributed by atoms with Crippen molar-refractivity contribution in [3.8, 4) is 5.69 Å². The van der Waals surface area contributed by atoms with Crippen LogP contribution in [0.2, 0.25) is 0 Å². The van der Waals surface area contributed by atoms with Crippen molar-refractivity contribution in [3.63, 3.8) is 0 Å². The molecule has 11 nitrogen and oxygen atoms in total. The van der Waals surface area contributed by atoms with Gasteiger partial charge in [-0.1, -0.05) is 6.07 Å². The van der Waals surface area contributed by atoms with Gasteiger partial charge in [0.05, 0.1) is 28.8 Å². The Labute approximate surface area is 190 Å². The molecule has 2 aliphatic rings. The normalized spacial score (nSPS) is 16.6. The van der Waals surface area contributed by atoms with Crippen LogP contribution in [-0.2, 0) is 4.79 Å². The SMILES string of the molecule is CNC(=O)c1nnc(NC(=O)C2CC2)cc1Nc1cccc2c1N(C)[C@@H](C)c1nc(C)nn1-2. The van der Waals surface area contributed by atoms with Gasteiger partial charge in [0.15, 0.2) is 17.3 Å². The van der Waals surface area contributed by atoms with Crippen LogP contribution in [0.1, 0.15) is 47.9 Å². The molecule has 3 heterocycles. The number of benzene rings is 1. The average molecular weight is 448 g/mol. The third-order valence-electron chi connectivity index (χ3n) is 5.99. The highest BCUT2D eigenvalue weighted by Gasteiger charge is 2.32. The van der Waals surface area contributed by atoms with Gasteiger partial charge in [-0.2, -0.15) is 5.10 Å². The van der Waals surface area contributed by atoms with E-state index in [9.17, 15) is 9.59 Å². The Kier molecular flexibility index (Phi) is 4.95. The number of para-hydroxylation sites is 1. The third kappa shape index (κ3) is 3.65. The molecule has 5 rings (SSSR count). The summed E-state index contributed by atoms with van der Waals surface area (Å²) in [5, 5.41) is 21.4. The molecular weight excluding hydrogens is 422 g/mol. The highest BCUT2D eigenvalue weighted by molar-refractivity contribution is 6.00. The number of amides is 2. The predicted molar refractivity (Wildman–Crippen MR) is 123 cm³/mol. The fourth-order valence-corrected chi connectivity index (χ4v) is 3.97. The van der Waals surface area contributed by atoms with Crippen molar-refractivity contribution >= 4 is 34.7 Å². The van der Waals surface area contributed by atoms with Gasteiger partial charge >= 0.3 is 0 Å². The highest BCUT2D eigenvalue weighted by Crippen LogP contribution is 2.42. The Hall–Kier alpha value is -4.02. The van der Waals surface area contributed by atoms with Crippen LogP contribution in [0.25, 0.3) is 5.69 Å². The molecule has 0 radical (unpaired) electrons. The second-order valence-corrected chi connectivity index (χ2v) is 8.35. The van der Waals surface area contributed by atoms with Gasteiger partial charge in [0, 0.05) is 26.1 Å². The van der Waals surface area contributed by atoms with Crippen LogP contribution in [-0.4, -0.2) is 50.9 Å². The summed E-state index contributed by atoms with van der Waals surface area (Å²) >= 11 is 0. The van der Waals surface area contributed by atoms with Crippen molar-refractivity contribution in [1.29, 1.82) is 0 Å². The first-order valence-electron chi connectivity index (χ1n) is 10.8. The molecule has 0 bridgehead atoms. The molecule has 0 saturated heterocycles. The molecule has 1 aromatic carbocycles. The zero-order valence-corrected chi connectivity index (χ0v) is 18.9. The summed E-state index contributed by atoms with van der Waals surface area (Å²) < 4.78 is 1.85. The topological polar surface area (TPSA) is 130 Å². The summed E-state index contributed by atoms with van der Waals surface area (Å²) in [6, 6.07) is 7.44. The van der Waals surface area contributed by atoms with Crippen LogP contribution in [0.15, 0.2) is 24.3 Å². The van der Waals surface area contributed by atoms with Crippen LogP contribution >= 0.6 is 0 Å². The quantitative estimate of drug-likeness (QED) is 0.543. The van der Waals surface area contributed by atoms with E-state index in [1.165, 1.54) is 7.05 Å². The number of anilines is 4. The number of hydrogen-bond donors (Lipinski definition) is 3. The molecule has 3 aromatic rings. The van der Waals surface area contributed by atoms with Crippen molar-refractivity contribution in [1.82, 2.24) is 30.3 Å². The molecule has 1 fully saturated rings. The molecular formula is C22H25N9O2. The summed E-state index contributed by atoms with van der Waals surface area (Å²) in [6.45, 7) is 3.94. The summed E-state index contributed by atoms with van der Waals surface area (Å²) in [7, 11) is 3.53. The largest absolute Gasteiger partial charge is 0.361 e. The van der Waals surface area contributed by atoms with Crippen molar-refractivity contribution < 1.29 is 9.59 Å². The van der Waals surface area contributed by atoms with Gasteiger partial charge < -0.3 is 20.9 Å². The number of rotatable bonds is 5. The number of nitrogens with one attached hydrogen (secondary N) is 3. The molecule has 1 aliphatic carbocycles. The first-order valence-corrected chi connectivity index (χ1v) is 10.8. The smallest absolute Gasteiger partial charge is 0.273 e. The molecule has 1 aliphatic heterocycles. The van der Waals surface area contributed by atoms with E-state index in [-0.39, 0.29) is 29.5 Å². The zero-order chi connectivity index (χ0) is 23.3. The Morgan fingerprint density at radius 2 is 1.94 bits per heavy atom. The molecule has 2 aromatic heterocycles. The van der Waals surface area contributed by atoms with E-state index in [2.05, 4.69) is 48.1 Å². The molecule has 1 saturated carbocycles. The lowest BCUT2D eigenvalue weighted by molar-refractivity contribution is -0.117. The fraction of sp³-hybridized carbons (Fsp3) is 0.364. The van der Waals surface area contributed by atoms with Crippen LogP contribution in [0.4, 0.5) is 22.9 Å². The van der Waals surface area contributed by atoms with Gasteiger partial charge in [-0.05, 0) is 38.8 Å². The number of carbonyl (C=O) groups excluding carboxylic acids is 2. The maximum atomic E-state index is 12.5. The predicted octanol–water partition coefficient (Wildman–Crippen LogP) is 2.33. The van der Waals surface area contributed by atoms with E-state index < -0.39 is 0 Å². The molecule has 170 valence electrons. The van der Waals surface area contributed by atoms with Crippen LogP contribution in [0.5, 0.6) is 0 Å². The summed E-state index contributed by atoms with van der Waals surface area (Å²) in [5.41, 5.74) is 3.11. The van der Waals surface area contributed by atoms with Gasteiger partial charge in [-0.25, -0.2) is 9.67 Å². The maximum absolute atomic E-state index is 12.5. The van der Waals surface area contributed by atoms with E-state index in [0.717, 1.165) is 35.7 Å². The molecule has 0 spiro atoms. The van der Waals surface area contributed by atoms with Gasteiger partial charge in [-0.3, -0.25) is 9.59 Å². The summed E-state index contributed by atoms with van der Waals surface area (Å²) in [5.74, 6) is 1.42. The Morgan fingerprint density at radius 1 is 1.15 bits per heavy atom. The van der Waals surface area contributed by atoms with E-state index in [1.54, 1.807) is 6.07 Å². The standard InChI is InChI=1S/C22H25N9O2/c1-11-20-24-12(2)29-31(20)16-7-5-6-14(19(16)30(11)4)25-15-10-17(26-21(32)13-8-9-13)27-28-18(15)22(33)23-3/h5-7,10-11,13H,8-9H2,1-4H3,(H,23,33)(H2,25,26,27,32)/t11-/m0/s1. The van der Waals surface area contributed by atoms with E-state index in [0.29, 0.717) is 17.3 Å². The number of aromatic nitrogens is 5. The molecule has 33 heavy (non-hydrogen) atoms. The van der Waals surface area contributed by atoms with Crippen LogP contribution in [0, 0.1) is 12.8 Å². The van der Waals surface area contributed by atoms with Crippen molar-refractivity contribution in [2.45, 2.75) is 32.7 Å². The molecule has 0 unspecified atom stereocenters. The average Bonchev–Trinajstić information content (AvgIpc) is 3.58. The Balaban J connectivity index is 1.57. The molecule has 2 amide bonds. The third-order valence-corrected chi connectivity index (χ3v) is 5.99. The van der Waals surface area contributed by atoms with Gasteiger partial charge in [0.25, 0.3) is 5.91 Å². The van der Waals surface area contributed by atoms with Crippen molar-refractivity contribution in [3.05, 3.63) is 41.6 Å². The minimum Gasteiger partial charge on any atom is -0.361 e. The van der Waals surface area contributed by atoms with E-state index >= 15 is 0 Å². The van der Waals surface area contributed by atoms with Gasteiger partial charge in [-0.15, -0.1) is 10.2 Å². The first kappa shape index (κ1) is 20.9. The Bertz CT molecular complexity index is 1260. The van der Waals surface area contributed by atoms with Crippen LogP contribution in [0.3, 0.4) is 0 Å². The number of hydrogen-bond acceptors (Lipinski definition) is 8. The van der Waals surface area contributed by atoms with Crippen molar-refractivity contribution in [2.75, 3.05) is 29.6 Å². The van der Waals surface area contributed by atoms with Crippen LogP contribution < -0.4 is 20.9 Å². The Morgan fingerprint density at radius 3 is 2.67 bits per heavy atom. The maximum Gasteiger partial charge on any atom is 0.273 e. The number of carbonyl (C=O) groups is 2. The van der Waals surface area contributed by atoms with Gasteiger partial charge in [0.1, 0.15) is 5.82 Å². The fourth-order valence-electron chi connectivity index (χ4n) is 3.97. The minimum absolute atomic E-state index is 0.0102. The van der Waals surface area contributed by atoms with E-state index in [4.69, 9.17) is 0 Å². The monoisotopic (exact) mass is 447 g/mol. The summed E-state index contributed by atoms with van der Waals surface area (Å²) in [6.07, 6.45) is 1.76. The van der Waals surface area contributed by atoms with Gasteiger partial charge in [0.2, 0.25) is 5.91 Å². The summed E-state index contributed by atoms with van der Waals surface area (Å²) in [4.78, 5) is 31.4. The lowest BCUT2D eigenvalue weighted by Crippen LogP contribution is -2.31. The molecule has 3 N–H and O–H groups in total.